The van der Waals surface area contributed by atoms with Gasteiger partial charge in [0.1, 0.15) is 0 Å². The van der Waals surface area contributed by atoms with Gasteiger partial charge in [-0.15, -0.1) is 0 Å². The quantitative estimate of drug-likeness (QED) is 0.605. The fourth-order valence-electron chi connectivity index (χ4n) is 1.14. The number of nitrogens with two attached hydrogens (primary N) is 1. The standard InChI is InChI=1S/C9H15N.C3H8/c10-9-7-5-3-1-2-4-6-8-9;1-3-2/h5,7-8H,1-4,6,10H2;3H2,1-2H3/b7-5-,9-8+;. The summed E-state index contributed by atoms with van der Waals surface area (Å²) in [5, 5.41) is 0. The maximum Gasteiger partial charge on any atom is 0.0270 e. The van der Waals surface area contributed by atoms with Crippen LogP contribution in [0.5, 0.6) is 0 Å². The van der Waals surface area contributed by atoms with E-state index in [0.717, 1.165) is 12.1 Å². The van der Waals surface area contributed by atoms with Crippen LogP contribution in [0, 0.1) is 0 Å². The van der Waals surface area contributed by atoms with Crippen molar-refractivity contribution in [2.24, 2.45) is 5.73 Å². The number of hydrogen-bond acceptors (Lipinski definition) is 1. The molecule has 1 aliphatic carbocycles. The lowest BCUT2D eigenvalue weighted by Gasteiger charge is -1.92. The minimum Gasteiger partial charge on any atom is -0.399 e. The molecular formula is C12H23N. The van der Waals surface area contributed by atoms with Crippen molar-refractivity contribution in [1.82, 2.24) is 0 Å². The van der Waals surface area contributed by atoms with Gasteiger partial charge in [-0.1, -0.05) is 38.8 Å². The van der Waals surface area contributed by atoms with Gasteiger partial charge in [0.15, 0.2) is 0 Å². The Morgan fingerprint density at radius 1 is 1.15 bits per heavy atom. The predicted molar refractivity (Wildman–Crippen MR) is 60.5 cm³/mol. The third-order valence-corrected chi connectivity index (χ3v) is 1.77. The molecule has 0 saturated heterocycles. The summed E-state index contributed by atoms with van der Waals surface area (Å²) in [5.74, 6) is 0. The van der Waals surface area contributed by atoms with E-state index in [4.69, 9.17) is 5.73 Å². The summed E-state index contributed by atoms with van der Waals surface area (Å²) in [6, 6.07) is 0. The van der Waals surface area contributed by atoms with Crippen LogP contribution in [0.3, 0.4) is 0 Å². The van der Waals surface area contributed by atoms with Crippen molar-refractivity contribution in [1.29, 1.82) is 0 Å². The summed E-state index contributed by atoms with van der Waals surface area (Å²) < 4.78 is 0. The highest BCUT2D eigenvalue weighted by molar-refractivity contribution is 5.14. The van der Waals surface area contributed by atoms with Crippen molar-refractivity contribution < 1.29 is 0 Å². The zero-order chi connectivity index (χ0) is 9.94. The first-order valence-electron chi connectivity index (χ1n) is 5.43. The van der Waals surface area contributed by atoms with Gasteiger partial charge in [-0.05, 0) is 31.8 Å². The van der Waals surface area contributed by atoms with Crippen LogP contribution >= 0.6 is 0 Å². The Morgan fingerprint density at radius 2 is 1.77 bits per heavy atom. The molecule has 1 rings (SSSR count). The summed E-state index contributed by atoms with van der Waals surface area (Å²) in [4.78, 5) is 0. The van der Waals surface area contributed by atoms with E-state index in [9.17, 15) is 0 Å². The zero-order valence-corrected chi connectivity index (χ0v) is 9.05. The van der Waals surface area contributed by atoms with Crippen molar-refractivity contribution in [3.63, 3.8) is 0 Å². The summed E-state index contributed by atoms with van der Waals surface area (Å²) >= 11 is 0. The SMILES string of the molecule is CCC.NC1=C/CCCCC/C=C\1. The maximum atomic E-state index is 5.65. The highest BCUT2D eigenvalue weighted by Gasteiger charge is 1.90. The number of rotatable bonds is 0. The zero-order valence-electron chi connectivity index (χ0n) is 9.05. The van der Waals surface area contributed by atoms with Crippen molar-refractivity contribution in [3.05, 3.63) is 23.9 Å². The van der Waals surface area contributed by atoms with E-state index in [-0.39, 0.29) is 0 Å². The van der Waals surface area contributed by atoms with Crippen LogP contribution in [0.1, 0.15) is 52.4 Å². The second-order valence-electron chi connectivity index (χ2n) is 3.45. The molecule has 0 atom stereocenters. The average Bonchev–Trinajstić information content (AvgIpc) is 2.20. The number of hydrogen-bond donors (Lipinski definition) is 1. The molecule has 1 heteroatoms. The Kier molecular flexibility index (Phi) is 8.85. The average molecular weight is 181 g/mol. The summed E-state index contributed by atoms with van der Waals surface area (Å²) in [7, 11) is 0. The van der Waals surface area contributed by atoms with Gasteiger partial charge in [0.05, 0.1) is 0 Å². The van der Waals surface area contributed by atoms with Gasteiger partial charge in [0, 0.05) is 5.70 Å². The molecule has 0 bridgehead atoms. The fraction of sp³-hybridized carbons (Fsp3) is 0.667. The molecular weight excluding hydrogens is 158 g/mol. The van der Waals surface area contributed by atoms with E-state index in [1.807, 2.05) is 6.08 Å². The third-order valence-electron chi connectivity index (χ3n) is 1.77. The van der Waals surface area contributed by atoms with E-state index in [0.29, 0.717) is 0 Å². The van der Waals surface area contributed by atoms with Crippen LogP contribution in [0.15, 0.2) is 23.9 Å². The molecule has 0 spiro atoms. The Bertz CT molecular complexity index is 157. The van der Waals surface area contributed by atoms with Crippen LogP contribution in [0.2, 0.25) is 0 Å². The highest BCUT2D eigenvalue weighted by atomic mass is 14.5. The monoisotopic (exact) mass is 181 g/mol. The van der Waals surface area contributed by atoms with Crippen molar-refractivity contribution in [2.75, 3.05) is 0 Å². The molecule has 1 aliphatic rings. The molecule has 0 heterocycles. The van der Waals surface area contributed by atoms with Crippen LogP contribution in [0.4, 0.5) is 0 Å². The molecule has 0 amide bonds. The first-order valence-corrected chi connectivity index (χ1v) is 5.43. The van der Waals surface area contributed by atoms with Gasteiger partial charge in [-0.2, -0.15) is 0 Å². The molecule has 0 aromatic heterocycles. The van der Waals surface area contributed by atoms with E-state index in [1.165, 1.54) is 32.1 Å². The van der Waals surface area contributed by atoms with Gasteiger partial charge in [0.2, 0.25) is 0 Å². The molecule has 0 fully saturated rings. The molecule has 0 aliphatic heterocycles. The Balaban J connectivity index is 0.000000424. The largest absolute Gasteiger partial charge is 0.399 e. The first-order chi connectivity index (χ1) is 6.31. The Labute approximate surface area is 82.7 Å². The third kappa shape index (κ3) is 9.19. The number of allylic oxidation sites excluding steroid dienone is 3. The molecule has 1 nitrogen and oxygen atoms in total. The van der Waals surface area contributed by atoms with Crippen molar-refractivity contribution >= 4 is 0 Å². The second kappa shape index (κ2) is 9.37. The molecule has 0 radical (unpaired) electrons. The van der Waals surface area contributed by atoms with E-state index >= 15 is 0 Å². The fourth-order valence-corrected chi connectivity index (χ4v) is 1.14. The van der Waals surface area contributed by atoms with Gasteiger partial charge in [-0.3, -0.25) is 0 Å². The minimum absolute atomic E-state index is 0.932. The van der Waals surface area contributed by atoms with E-state index < -0.39 is 0 Å². The normalized spacial score (nSPS) is 23.7. The summed E-state index contributed by atoms with van der Waals surface area (Å²) in [6.45, 7) is 4.25. The maximum absolute atomic E-state index is 5.65. The highest BCUT2D eigenvalue weighted by Crippen LogP contribution is 2.08. The lowest BCUT2D eigenvalue weighted by molar-refractivity contribution is 0.698. The minimum atomic E-state index is 0.932. The predicted octanol–water partition coefficient (Wildman–Crippen LogP) is 3.77. The molecule has 76 valence electrons. The Morgan fingerprint density at radius 3 is 2.46 bits per heavy atom. The molecule has 0 aromatic carbocycles. The van der Waals surface area contributed by atoms with Crippen LogP contribution in [-0.2, 0) is 0 Å². The topological polar surface area (TPSA) is 26.0 Å². The van der Waals surface area contributed by atoms with Crippen molar-refractivity contribution in [2.45, 2.75) is 52.4 Å². The lowest BCUT2D eigenvalue weighted by Crippen LogP contribution is -1.91. The second-order valence-corrected chi connectivity index (χ2v) is 3.45. The van der Waals surface area contributed by atoms with Crippen LogP contribution < -0.4 is 5.73 Å². The molecule has 2 N–H and O–H groups in total. The molecule has 0 saturated carbocycles. The van der Waals surface area contributed by atoms with Gasteiger partial charge < -0.3 is 5.73 Å². The van der Waals surface area contributed by atoms with E-state index in [1.54, 1.807) is 0 Å². The smallest absolute Gasteiger partial charge is 0.0270 e. The Hall–Kier alpha value is -0.720. The molecule has 13 heavy (non-hydrogen) atoms. The van der Waals surface area contributed by atoms with Crippen molar-refractivity contribution in [3.8, 4) is 0 Å². The van der Waals surface area contributed by atoms with Gasteiger partial charge >= 0.3 is 0 Å². The van der Waals surface area contributed by atoms with Gasteiger partial charge in [-0.25, -0.2) is 0 Å². The van der Waals surface area contributed by atoms with E-state index in [2.05, 4.69) is 26.0 Å². The summed E-state index contributed by atoms with van der Waals surface area (Å²) in [5.41, 5.74) is 6.58. The lowest BCUT2D eigenvalue weighted by atomic mass is 10.1. The van der Waals surface area contributed by atoms with Crippen LogP contribution in [0.25, 0.3) is 0 Å². The van der Waals surface area contributed by atoms with Gasteiger partial charge in [0.25, 0.3) is 0 Å². The summed E-state index contributed by atoms with van der Waals surface area (Å²) in [6.07, 6.45) is 13.8. The molecule has 0 unspecified atom stereocenters. The van der Waals surface area contributed by atoms with Crippen LogP contribution in [-0.4, -0.2) is 0 Å². The first kappa shape index (κ1) is 12.3. The molecule has 0 aromatic rings.